The summed E-state index contributed by atoms with van der Waals surface area (Å²) in [5.74, 6) is -0.935. The molecule has 2 aliphatic carbocycles. The smallest absolute Gasteiger partial charge is 0.274 e. The van der Waals surface area contributed by atoms with E-state index in [1.807, 2.05) is 48.6 Å². The van der Waals surface area contributed by atoms with Gasteiger partial charge in [0, 0.05) is 69.2 Å². The minimum absolute atomic E-state index is 0.00980. The number of nitrogens with one attached hydrogen (secondary N) is 2. The van der Waals surface area contributed by atoms with Crippen molar-refractivity contribution >= 4 is 24.1 Å². The van der Waals surface area contributed by atoms with E-state index >= 15 is 4.39 Å². The van der Waals surface area contributed by atoms with E-state index in [0.717, 1.165) is 42.9 Å². The molecule has 0 spiro atoms. The number of carbonyl (C=O) groups is 2. The van der Waals surface area contributed by atoms with Crippen molar-refractivity contribution in [2.75, 3.05) is 39.8 Å². The highest BCUT2D eigenvalue weighted by Gasteiger charge is 2.29. The van der Waals surface area contributed by atoms with E-state index in [4.69, 9.17) is 0 Å². The van der Waals surface area contributed by atoms with Crippen molar-refractivity contribution in [3.63, 3.8) is 0 Å². The van der Waals surface area contributed by atoms with E-state index < -0.39 is 11.7 Å². The molecule has 6 rings (SSSR count). The van der Waals surface area contributed by atoms with Crippen molar-refractivity contribution in [2.45, 2.75) is 18.4 Å². The Morgan fingerprint density at radius 2 is 1.87 bits per heavy atom. The average Bonchev–Trinajstić information content (AvgIpc) is 3.21. The predicted octanol–water partition coefficient (Wildman–Crippen LogP) is 4.14. The SMILES string of the molecule is C=C1C=CC=C(CNC(=O)C2=CC=CC(F)=C(NC(=O)c3cnc4n3C=CC(c3cccnc3)C=C4)C2)C1N1CCN(C)CC1. The second-order valence-corrected chi connectivity index (χ2v) is 11.5. The third-order valence-corrected chi connectivity index (χ3v) is 8.45. The first-order valence-electron chi connectivity index (χ1n) is 15.0. The topological polar surface area (TPSA) is 95.4 Å². The fourth-order valence-electron chi connectivity index (χ4n) is 5.91. The molecule has 0 bridgehead atoms. The van der Waals surface area contributed by atoms with Gasteiger partial charge >= 0.3 is 0 Å². The number of hydrogen-bond donors (Lipinski definition) is 2. The summed E-state index contributed by atoms with van der Waals surface area (Å²) in [6, 6.07) is 3.88. The first-order valence-corrected chi connectivity index (χ1v) is 15.0. The first-order chi connectivity index (χ1) is 21.9. The number of pyridine rings is 1. The third-order valence-electron chi connectivity index (χ3n) is 8.45. The number of piperazine rings is 1. The molecule has 2 amide bonds. The van der Waals surface area contributed by atoms with Gasteiger partial charge in [-0.05, 0) is 42.0 Å². The van der Waals surface area contributed by atoms with Crippen LogP contribution >= 0.6 is 0 Å². The molecule has 4 aliphatic rings. The van der Waals surface area contributed by atoms with Gasteiger partial charge in [-0.15, -0.1) is 0 Å². The van der Waals surface area contributed by atoms with Crippen LogP contribution in [0.15, 0.2) is 114 Å². The van der Waals surface area contributed by atoms with Crippen molar-refractivity contribution in [1.82, 2.24) is 35.0 Å². The summed E-state index contributed by atoms with van der Waals surface area (Å²) < 4.78 is 16.8. The van der Waals surface area contributed by atoms with Gasteiger partial charge in [0.05, 0.1) is 17.9 Å². The summed E-state index contributed by atoms with van der Waals surface area (Å²) in [6.07, 6.45) is 22.8. The number of hydrogen-bond acceptors (Lipinski definition) is 6. The van der Waals surface area contributed by atoms with Crippen LogP contribution in [0.3, 0.4) is 0 Å². The number of allylic oxidation sites excluding steroid dienone is 9. The highest BCUT2D eigenvalue weighted by Crippen LogP contribution is 2.26. The van der Waals surface area contributed by atoms with Crippen LogP contribution in [0.25, 0.3) is 12.3 Å². The molecule has 2 atom stereocenters. The van der Waals surface area contributed by atoms with Crippen molar-refractivity contribution in [3.8, 4) is 0 Å². The lowest BCUT2D eigenvalue weighted by Gasteiger charge is -2.40. The Labute approximate surface area is 262 Å². The van der Waals surface area contributed by atoms with Crippen molar-refractivity contribution in [3.05, 3.63) is 131 Å². The van der Waals surface area contributed by atoms with E-state index in [-0.39, 0.29) is 35.7 Å². The number of nitrogens with zero attached hydrogens (tertiary/aromatic N) is 5. The van der Waals surface area contributed by atoms with Crippen LogP contribution in [0.5, 0.6) is 0 Å². The van der Waals surface area contributed by atoms with Crippen molar-refractivity contribution in [1.29, 1.82) is 0 Å². The lowest BCUT2D eigenvalue weighted by molar-refractivity contribution is -0.117. The van der Waals surface area contributed by atoms with Gasteiger partial charge in [-0.3, -0.25) is 24.0 Å². The molecule has 2 aromatic rings. The van der Waals surface area contributed by atoms with Crippen LogP contribution in [-0.2, 0) is 4.79 Å². The van der Waals surface area contributed by atoms with Crippen LogP contribution in [0.1, 0.15) is 34.2 Å². The van der Waals surface area contributed by atoms with E-state index in [9.17, 15) is 9.59 Å². The van der Waals surface area contributed by atoms with Crippen LogP contribution in [0.2, 0.25) is 0 Å². The molecule has 0 radical (unpaired) electrons. The molecular formula is C35H36FN7O2. The van der Waals surface area contributed by atoms with Gasteiger partial charge in [0.1, 0.15) is 17.3 Å². The number of fused-ring (bicyclic) bond motifs is 1. The molecule has 1 saturated heterocycles. The number of halogens is 1. The fourth-order valence-corrected chi connectivity index (χ4v) is 5.91. The summed E-state index contributed by atoms with van der Waals surface area (Å²) in [5, 5.41) is 5.71. The summed E-state index contributed by atoms with van der Waals surface area (Å²) in [4.78, 5) is 40.0. The van der Waals surface area contributed by atoms with Crippen molar-refractivity contribution < 1.29 is 14.0 Å². The highest BCUT2D eigenvalue weighted by molar-refractivity contribution is 5.97. The molecule has 2 aromatic heterocycles. The molecule has 0 saturated carbocycles. The highest BCUT2D eigenvalue weighted by atomic mass is 19.1. The molecular weight excluding hydrogens is 569 g/mol. The number of aromatic nitrogens is 3. The zero-order valence-electron chi connectivity index (χ0n) is 25.2. The van der Waals surface area contributed by atoms with E-state index in [1.54, 1.807) is 29.2 Å². The standard InChI is InChI=1S/C35H36FN7O2/c1-24-6-3-8-28(33(24)42-18-16-41(2)17-19-42)22-39-34(44)26-7-4-10-29(36)30(20-26)40-35(45)31-23-38-32-12-11-25(13-15-43(31)32)27-9-5-14-37-21-27/h3-15,21,23,25,33H,1,16-20,22H2,2H3,(H,39,44)(H,40,45). The number of likely N-dealkylation sites (N-methyl/N-ethyl adjacent to an activating group) is 1. The maximum absolute atomic E-state index is 15.1. The molecule has 1 fully saturated rings. The molecule has 2 aliphatic heterocycles. The maximum Gasteiger partial charge on any atom is 0.274 e. The molecule has 45 heavy (non-hydrogen) atoms. The Hall–Kier alpha value is -4.93. The van der Waals surface area contributed by atoms with Crippen LogP contribution < -0.4 is 10.6 Å². The van der Waals surface area contributed by atoms with E-state index in [1.165, 1.54) is 18.3 Å². The Balaban J connectivity index is 1.11. The summed E-state index contributed by atoms with van der Waals surface area (Å²) in [5.41, 5.74) is 3.64. The van der Waals surface area contributed by atoms with E-state index in [2.05, 4.69) is 44.0 Å². The zero-order chi connectivity index (χ0) is 31.3. The monoisotopic (exact) mass is 605 g/mol. The molecule has 230 valence electrons. The number of rotatable bonds is 7. The average molecular weight is 606 g/mol. The Morgan fingerprint density at radius 1 is 1.04 bits per heavy atom. The number of imidazole rings is 1. The normalized spacial score (nSPS) is 22.0. The minimum atomic E-state index is -0.614. The maximum atomic E-state index is 15.1. The Bertz CT molecular complexity index is 1700. The summed E-state index contributed by atoms with van der Waals surface area (Å²) in [7, 11) is 2.12. The predicted molar refractivity (Wildman–Crippen MR) is 173 cm³/mol. The van der Waals surface area contributed by atoms with Gasteiger partial charge in [-0.2, -0.15) is 0 Å². The van der Waals surface area contributed by atoms with E-state index in [0.29, 0.717) is 17.9 Å². The summed E-state index contributed by atoms with van der Waals surface area (Å²) in [6.45, 7) is 8.37. The van der Waals surface area contributed by atoms with Gasteiger partial charge in [0.25, 0.3) is 5.91 Å². The Kier molecular flexibility index (Phi) is 8.95. The van der Waals surface area contributed by atoms with Gasteiger partial charge in [-0.1, -0.05) is 55.2 Å². The molecule has 4 heterocycles. The first kappa shape index (κ1) is 30.1. The zero-order valence-corrected chi connectivity index (χ0v) is 25.2. The molecule has 2 unspecified atom stereocenters. The van der Waals surface area contributed by atoms with Gasteiger partial charge in [0.2, 0.25) is 5.91 Å². The van der Waals surface area contributed by atoms with Crippen LogP contribution in [0, 0.1) is 0 Å². The van der Waals surface area contributed by atoms with Gasteiger partial charge in [-0.25, -0.2) is 9.37 Å². The summed E-state index contributed by atoms with van der Waals surface area (Å²) >= 11 is 0. The quantitative estimate of drug-likeness (QED) is 0.493. The van der Waals surface area contributed by atoms with Crippen LogP contribution in [0.4, 0.5) is 4.39 Å². The Morgan fingerprint density at radius 3 is 2.67 bits per heavy atom. The second kappa shape index (κ2) is 13.4. The molecule has 2 N–H and O–H groups in total. The van der Waals surface area contributed by atoms with Gasteiger partial charge < -0.3 is 15.5 Å². The minimum Gasteiger partial charge on any atom is -0.348 e. The fraction of sp³-hybridized carbons (Fsp3) is 0.257. The second-order valence-electron chi connectivity index (χ2n) is 11.5. The number of amides is 2. The lowest BCUT2D eigenvalue weighted by Crippen LogP contribution is -2.51. The molecule has 10 heteroatoms. The van der Waals surface area contributed by atoms with Gasteiger partial charge in [0.15, 0.2) is 0 Å². The molecule has 0 aromatic carbocycles. The largest absolute Gasteiger partial charge is 0.348 e. The van der Waals surface area contributed by atoms with Crippen LogP contribution in [-0.4, -0.2) is 82.0 Å². The molecule has 9 nitrogen and oxygen atoms in total. The van der Waals surface area contributed by atoms with Crippen molar-refractivity contribution in [2.24, 2.45) is 0 Å². The lowest BCUT2D eigenvalue weighted by atomic mass is 9.92. The number of carbonyl (C=O) groups excluding carboxylic acids is 2. The third kappa shape index (κ3) is 6.77.